The molecule has 0 saturated carbocycles. The van der Waals surface area contributed by atoms with Crippen molar-refractivity contribution < 1.29 is 4.74 Å². The molecule has 2 aromatic carbocycles. The van der Waals surface area contributed by atoms with Gasteiger partial charge in [-0.3, -0.25) is 4.72 Å². The first-order valence-corrected chi connectivity index (χ1v) is 10.2. The van der Waals surface area contributed by atoms with Crippen molar-refractivity contribution in [1.82, 2.24) is 4.72 Å². The summed E-state index contributed by atoms with van der Waals surface area (Å²) in [4.78, 5) is 1.26. The second-order valence-electron chi connectivity index (χ2n) is 6.63. The summed E-state index contributed by atoms with van der Waals surface area (Å²) in [5.74, 6) is 7.45. The van der Waals surface area contributed by atoms with E-state index < -0.39 is 0 Å². The van der Waals surface area contributed by atoms with Gasteiger partial charge in [0, 0.05) is 16.9 Å². The highest BCUT2D eigenvalue weighted by atomic mass is 32.2. The van der Waals surface area contributed by atoms with Gasteiger partial charge in [0.15, 0.2) is 0 Å². The van der Waals surface area contributed by atoms with Crippen molar-refractivity contribution in [2.45, 2.75) is 12.5 Å². The van der Waals surface area contributed by atoms with Crippen molar-refractivity contribution >= 4 is 18.0 Å². The topological polar surface area (TPSA) is 21.3 Å². The molecule has 0 saturated heterocycles. The van der Waals surface area contributed by atoms with Crippen LogP contribution in [0.5, 0.6) is 5.75 Å². The maximum atomic E-state index is 5.19. The zero-order chi connectivity index (χ0) is 19.2. The molecule has 1 radical (unpaired) electrons. The summed E-state index contributed by atoms with van der Waals surface area (Å²) in [6, 6.07) is 18.7. The summed E-state index contributed by atoms with van der Waals surface area (Å²) in [6.07, 6.45) is 11.7. The van der Waals surface area contributed by atoms with Crippen molar-refractivity contribution in [1.29, 1.82) is 0 Å². The first-order valence-electron chi connectivity index (χ1n) is 9.26. The van der Waals surface area contributed by atoms with Crippen LogP contribution in [0.3, 0.4) is 0 Å². The molecular weight excluding hydrogens is 362 g/mol. The molecule has 2 nitrogen and oxygen atoms in total. The lowest BCUT2D eigenvalue weighted by Crippen LogP contribution is -2.27. The third kappa shape index (κ3) is 4.67. The SMILES string of the molecule is COc1ccc(CC#CC2=CC3=C/C(=C\c4ccccc4)[SH]NC3C=C2)cc1. The molecule has 139 valence electrons. The van der Waals surface area contributed by atoms with Gasteiger partial charge in [-0.05, 0) is 53.1 Å². The Balaban J connectivity index is 1.48. The van der Waals surface area contributed by atoms with Crippen LogP contribution < -0.4 is 9.46 Å². The largest absolute Gasteiger partial charge is 0.497 e. The molecule has 28 heavy (non-hydrogen) atoms. The van der Waals surface area contributed by atoms with Gasteiger partial charge in [0.05, 0.1) is 13.2 Å². The Kier molecular flexibility index (Phi) is 5.82. The van der Waals surface area contributed by atoms with E-state index in [2.05, 4.69) is 83.3 Å². The van der Waals surface area contributed by atoms with Crippen LogP contribution in [0.25, 0.3) is 6.08 Å². The summed E-state index contributed by atoms with van der Waals surface area (Å²) < 4.78 is 8.74. The molecule has 0 fully saturated rings. The Morgan fingerprint density at radius 1 is 1.07 bits per heavy atom. The highest BCUT2D eigenvalue weighted by Crippen LogP contribution is 2.30. The number of hydrogen-bond donors (Lipinski definition) is 2. The number of thiol groups is 1. The molecule has 1 heterocycles. The summed E-state index contributed by atoms with van der Waals surface area (Å²) >= 11 is 1.14. The summed E-state index contributed by atoms with van der Waals surface area (Å²) in [7, 11) is 1.68. The lowest BCUT2D eigenvalue weighted by atomic mass is 9.97. The molecule has 2 aromatic rings. The zero-order valence-corrected chi connectivity index (χ0v) is 16.6. The van der Waals surface area contributed by atoms with Gasteiger partial charge in [-0.1, -0.05) is 60.4 Å². The molecule has 2 aliphatic rings. The molecule has 0 amide bonds. The van der Waals surface area contributed by atoms with Gasteiger partial charge in [-0.25, -0.2) is 0 Å². The molecule has 1 aliphatic heterocycles. The lowest BCUT2D eigenvalue weighted by Gasteiger charge is -2.25. The zero-order valence-electron chi connectivity index (χ0n) is 15.7. The summed E-state index contributed by atoms with van der Waals surface area (Å²) in [5, 5.41) is 0. The maximum absolute atomic E-state index is 5.19. The van der Waals surface area contributed by atoms with Crippen LogP contribution in [0.2, 0.25) is 0 Å². The molecule has 1 atom stereocenters. The molecule has 0 spiro atoms. The van der Waals surface area contributed by atoms with Crippen LogP contribution in [-0.2, 0) is 6.42 Å². The summed E-state index contributed by atoms with van der Waals surface area (Å²) in [6.45, 7) is 0. The Morgan fingerprint density at radius 2 is 1.89 bits per heavy atom. The van der Waals surface area contributed by atoms with Crippen molar-refractivity contribution in [2.24, 2.45) is 0 Å². The number of allylic oxidation sites excluding steroid dienone is 3. The van der Waals surface area contributed by atoms with Crippen LogP contribution >= 0.6 is 11.9 Å². The number of hydrogen-bond acceptors (Lipinski definition) is 2. The van der Waals surface area contributed by atoms with Gasteiger partial charge in [-0.15, -0.1) is 11.9 Å². The first kappa shape index (κ1) is 18.4. The second-order valence-corrected chi connectivity index (χ2v) is 7.63. The van der Waals surface area contributed by atoms with Crippen molar-refractivity contribution in [3.8, 4) is 17.6 Å². The fraction of sp³-hybridized carbons (Fsp3) is 0.120. The van der Waals surface area contributed by atoms with E-state index in [-0.39, 0.29) is 6.04 Å². The maximum Gasteiger partial charge on any atom is 0.118 e. The smallest absolute Gasteiger partial charge is 0.118 e. The normalized spacial score (nSPS) is 19.2. The highest BCUT2D eigenvalue weighted by molar-refractivity contribution is 8.01. The first-order chi connectivity index (χ1) is 13.8. The van der Waals surface area contributed by atoms with Gasteiger partial charge in [0.1, 0.15) is 5.75 Å². The monoisotopic (exact) mass is 384 g/mol. The van der Waals surface area contributed by atoms with E-state index in [9.17, 15) is 0 Å². The second kappa shape index (κ2) is 8.84. The quantitative estimate of drug-likeness (QED) is 0.570. The van der Waals surface area contributed by atoms with Crippen molar-refractivity contribution in [3.05, 3.63) is 106 Å². The number of methoxy groups -OCH3 is 1. The van der Waals surface area contributed by atoms with Crippen LogP contribution in [0.1, 0.15) is 11.1 Å². The van der Waals surface area contributed by atoms with E-state index in [0.29, 0.717) is 0 Å². The average Bonchev–Trinajstić information content (AvgIpc) is 2.75. The summed E-state index contributed by atoms with van der Waals surface area (Å²) in [5.41, 5.74) is 4.72. The predicted octanol–water partition coefficient (Wildman–Crippen LogP) is 5.06. The van der Waals surface area contributed by atoms with Crippen LogP contribution in [0, 0.1) is 11.8 Å². The minimum Gasteiger partial charge on any atom is -0.497 e. The van der Waals surface area contributed by atoms with Gasteiger partial charge in [0.2, 0.25) is 0 Å². The van der Waals surface area contributed by atoms with E-state index in [4.69, 9.17) is 4.74 Å². The third-order valence-electron chi connectivity index (χ3n) is 4.60. The van der Waals surface area contributed by atoms with E-state index in [1.54, 1.807) is 7.11 Å². The minimum atomic E-state index is 0.265. The van der Waals surface area contributed by atoms with E-state index in [1.165, 1.54) is 21.6 Å². The van der Waals surface area contributed by atoms with Crippen LogP contribution in [0.15, 0.2) is 95.0 Å². The van der Waals surface area contributed by atoms with Gasteiger partial charge in [-0.2, -0.15) is 0 Å². The van der Waals surface area contributed by atoms with Gasteiger partial charge < -0.3 is 4.74 Å². The Bertz CT molecular complexity index is 1020. The van der Waals surface area contributed by atoms with Crippen LogP contribution in [0.4, 0.5) is 0 Å². The van der Waals surface area contributed by atoms with Crippen molar-refractivity contribution in [3.63, 3.8) is 0 Å². The molecule has 1 aliphatic carbocycles. The number of ether oxygens (including phenoxy) is 1. The molecular formula is C25H22NOS. The lowest BCUT2D eigenvalue weighted by molar-refractivity contribution is 0.414. The predicted molar refractivity (Wildman–Crippen MR) is 120 cm³/mol. The van der Waals surface area contributed by atoms with E-state index >= 15 is 0 Å². The highest BCUT2D eigenvalue weighted by Gasteiger charge is 2.18. The minimum absolute atomic E-state index is 0.265. The number of fused-ring (bicyclic) bond motifs is 1. The standard InChI is InChI=1S/C25H22NOS/c1-27-23-13-10-19(11-14-23)8-5-9-21-12-15-25-22(16-21)18-24(28-26-25)17-20-6-3-2-4-7-20/h2-4,6-7,10-18,25-26,28H,8H2,1H3/b24-17+. The molecule has 3 heteroatoms. The molecule has 1 N–H and O–H groups in total. The van der Waals surface area contributed by atoms with E-state index in [1.807, 2.05) is 18.2 Å². The molecule has 1 unspecified atom stereocenters. The Labute approximate surface area is 170 Å². The van der Waals surface area contributed by atoms with Gasteiger partial charge in [0.25, 0.3) is 0 Å². The van der Waals surface area contributed by atoms with Crippen LogP contribution in [-0.4, -0.2) is 13.2 Å². The number of benzene rings is 2. The third-order valence-corrected chi connectivity index (χ3v) is 5.52. The molecule has 0 bridgehead atoms. The van der Waals surface area contributed by atoms with Gasteiger partial charge >= 0.3 is 0 Å². The average molecular weight is 385 g/mol. The van der Waals surface area contributed by atoms with Crippen molar-refractivity contribution in [2.75, 3.05) is 7.11 Å². The molecule has 4 rings (SSSR count). The number of nitrogens with one attached hydrogen (secondary N) is 1. The fourth-order valence-corrected chi connectivity index (χ4v) is 4.04. The Morgan fingerprint density at radius 3 is 2.68 bits per heavy atom. The Hall–Kier alpha value is -2.93. The number of rotatable bonds is 3. The van der Waals surface area contributed by atoms with E-state index in [0.717, 1.165) is 29.7 Å². The fourth-order valence-electron chi connectivity index (χ4n) is 3.09. The molecule has 0 aromatic heterocycles.